The summed E-state index contributed by atoms with van der Waals surface area (Å²) < 4.78 is 5.16. The number of anilines is 2. The van der Waals surface area contributed by atoms with Crippen LogP contribution in [0.4, 0.5) is 11.4 Å². The van der Waals surface area contributed by atoms with Crippen molar-refractivity contribution in [1.82, 2.24) is 0 Å². The van der Waals surface area contributed by atoms with Crippen LogP contribution in [0.1, 0.15) is 31.8 Å². The van der Waals surface area contributed by atoms with E-state index in [1.807, 2.05) is 18.2 Å². The number of hydrogen-bond donors (Lipinski definition) is 2. The van der Waals surface area contributed by atoms with Gasteiger partial charge in [0.1, 0.15) is 5.75 Å². The number of carbonyl (C=O) groups excluding carboxylic acids is 3. The Hall–Kier alpha value is -3.93. The van der Waals surface area contributed by atoms with Crippen LogP contribution in [0.2, 0.25) is 0 Å². The van der Waals surface area contributed by atoms with E-state index in [9.17, 15) is 14.4 Å². The van der Waals surface area contributed by atoms with E-state index in [-0.39, 0.29) is 29.6 Å². The quantitative estimate of drug-likeness (QED) is 0.548. The zero-order chi connectivity index (χ0) is 20.4. The molecular formula is C23H18N2O4. The molecule has 1 aliphatic rings. The second kappa shape index (κ2) is 7.59. The molecule has 0 radical (unpaired) electrons. The lowest BCUT2D eigenvalue weighted by molar-refractivity contribution is -0.114. The second-order valence-corrected chi connectivity index (χ2v) is 6.57. The van der Waals surface area contributed by atoms with E-state index in [1.165, 1.54) is 0 Å². The summed E-state index contributed by atoms with van der Waals surface area (Å²) >= 11 is 0. The van der Waals surface area contributed by atoms with Gasteiger partial charge in [0, 0.05) is 28.4 Å². The Morgan fingerprint density at radius 1 is 0.862 bits per heavy atom. The third kappa shape index (κ3) is 3.48. The number of nitrogens with one attached hydrogen (secondary N) is 2. The van der Waals surface area contributed by atoms with Gasteiger partial charge in [0.25, 0.3) is 0 Å². The van der Waals surface area contributed by atoms with E-state index in [4.69, 9.17) is 4.74 Å². The Morgan fingerprint density at radius 3 is 2.31 bits per heavy atom. The van der Waals surface area contributed by atoms with Gasteiger partial charge < -0.3 is 15.4 Å². The maximum atomic E-state index is 13.0. The molecule has 1 aliphatic carbocycles. The largest absolute Gasteiger partial charge is 0.497 e. The Labute approximate surface area is 167 Å². The first-order valence-electron chi connectivity index (χ1n) is 9.07. The lowest BCUT2D eigenvalue weighted by atomic mass is 9.83. The maximum absolute atomic E-state index is 13.0. The molecule has 6 nitrogen and oxygen atoms in total. The summed E-state index contributed by atoms with van der Waals surface area (Å²) in [6.07, 6.45) is 0. The Morgan fingerprint density at radius 2 is 1.55 bits per heavy atom. The summed E-state index contributed by atoms with van der Waals surface area (Å²) in [5.74, 6) is -0.150. The lowest BCUT2D eigenvalue weighted by Crippen LogP contribution is -2.26. The number of carbonyl (C=O) groups is 3. The first-order chi connectivity index (χ1) is 14.1. The van der Waals surface area contributed by atoms with Crippen molar-refractivity contribution in [2.45, 2.75) is 0 Å². The van der Waals surface area contributed by atoms with Crippen molar-refractivity contribution >= 4 is 28.8 Å². The number of methoxy groups -OCH3 is 1. The molecule has 144 valence electrons. The van der Waals surface area contributed by atoms with Gasteiger partial charge in [-0.25, -0.2) is 0 Å². The molecule has 0 unspecified atom stereocenters. The molecule has 6 heteroatoms. The van der Waals surface area contributed by atoms with Crippen molar-refractivity contribution in [3.8, 4) is 5.75 Å². The third-order valence-electron chi connectivity index (χ3n) is 4.75. The van der Waals surface area contributed by atoms with Crippen LogP contribution >= 0.6 is 0 Å². The molecule has 2 N–H and O–H groups in total. The zero-order valence-electron chi connectivity index (χ0n) is 15.7. The van der Waals surface area contributed by atoms with Crippen LogP contribution in [0.15, 0.2) is 66.7 Å². The fourth-order valence-electron chi connectivity index (χ4n) is 3.36. The Bertz CT molecular complexity index is 1140. The molecule has 0 heterocycles. The number of amides is 1. The van der Waals surface area contributed by atoms with E-state index in [0.717, 1.165) is 5.69 Å². The van der Waals surface area contributed by atoms with Crippen LogP contribution in [0.5, 0.6) is 5.75 Å². The van der Waals surface area contributed by atoms with Gasteiger partial charge in [0.2, 0.25) is 5.91 Å². The summed E-state index contributed by atoms with van der Waals surface area (Å²) in [6.45, 7) is -0.00441. The van der Waals surface area contributed by atoms with Crippen molar-refractivity contribution in [1.29, 1.82) is 0 Å². The monoisotopic (exact) mass is 386 g/mol. The summed E-state index contributed by atoms with van der Waals surface area (Å²) in [7, 11) is 1.57. The number of ketones is 2. The number of rotatable bonds is 5. The molecule has 0 aliphatic heterocycles. The Kier molecular flexibility index (Phi) is 4.83. The Balaban J connectivity index is 1.55. The molecular weight excluding hydrogens is 368 g/mol. The molecule has 0 fully saturated rings. The highest BCUT2D eigenvalue weighted by Gasteiger charge is 2.31. The molecule has 0 aromatic heterocycles. The van der Waals surface area contributed by atoms with Gasteiger partial charge in [-0.2, -0.15) is 0 Å². The molecule has 3 aromatic carbocycles. The van der Waals surface area contributed by atoms with Gasteiger partial charge in [0.05, 0.1) is 24.9 Å². The molecule has 0 saturated carbocycles. The van der Waals surface area contributed by atoms with Gasteiger partial charge >= 0.3 is 0 Å². The van der Waals surface area contributed by atoms with Crippen molar-refractivity contribution < 1.29 is 19.1 Å². The van der Waals surface area contributed by atoms with Crippen LogP contribution in [0, 0.1) is 0 Å². The SMILES string of the molecule is COc1cccc(NCC(=O)Nc2cccc3c2C(=O)c2ccccc2C3=O)c1. The highest BCUT2D eigenvalue weighted by Crippen LogP contribution is 2.31. The van der Waals surface area contributed by atoms with Crippen molar-refractivity contribution in [3.63, 3.8) is 0 Å². The topological polar surface area (TPSA) is 84.5 Å². The first kappa shape index (κ1) is 18.4. The van der Waals surface area contributed by atoms with E-state index < -0.39 is 0 Å². The lowest BCUT2D eigenvalue weighted by Gasteiger charge is -2.20. The van der Waals surface area contributed by atoms with Gasteiger partial charge in [-0.15, -0.1) is 0 Å². The van der Waals surface area contributed by atoms with E-state index >= 15 is 0 Å². The van der Waals surface area contributed by atoms with Crippen LogP contribution in [-0.2, 0) is 4.79 Å². The fourth-order valence-corrected chi connectivity index (χ4v) is 3.36. The number of ether oxygens (including phenoxy) is 1. The molecule has 0 spiro atoms. The summed E-state index contributed by atoms with van der Waals surface area (Å²) in [4.78, 5) is 38.2. The smallest absolute Gasteiger partial charge is 0.243 e. The highest BCUT2D eigenvalue weighted by atomic mass is 16.5. The molecule has 29 heavy (non-hydrogen) atoms. The van der Waals surface area contributed by atoms with Gasteiger partial charge in [-0.3, -0.25) is 14.4 Å². The van der Waals surface area contributed by atoms with Crippen molar-refractivity contribution in [2.75, 3.05) is 24.3 Å². The second-order valence-electron chi connectivity index (χ2n) is 6.57. The van der Waals surface area contributed by atoms with Crippen molar-refractivity contribution in [2.24, 2.45) is 0 Å². The number of benzene rings is 3. The standard InChI is InChI=1S/C23H18N2O4/c1-29-15-7-4-6-14(12-15)24-13-20(26)25-19-11-5-10-18-21(19)23(28)17-9-3-2-8-16(17)22(18)27/h2-12,24H,13H2,1H3,(H,25,26). The first-order valence-corrected chi connectivity index (χ1v) is 9.07. The van der Waals surface area contributed by atoms with Crippen molar-refractivity contribution in [3.05, 3.63) is 89.0 Å². The minimum atomic E-state index is -0.333. The summed E-state index contributed by atoms with van der Waals surface area (Å²) in [5, 5.41) is 5.76. The predicted octanol–water partition coefficient (Wildman–Crippen LogP) is 3.52. The van der Waals surface area contributed by atoms with E-state index in [0.29, 0.717) is 28.1 Å². The number of fused-ring (bicyclic) bond motifs is 2. The predicted molar refractivity (Wildman–Crippen MR) is 110 cm³/mol. The van der Waals surface area contributed by atoms with E-state index in [2.05, 4.69) is 10.6 Å². The van der Waals surface area contributed by atoms with Crippen LogP contribution in [0.25, 0.3) is 0 Å². The highest BCUT2D eigenvalue weighted by molar-refractivity contribution is 6.30. The van der Waals surface area contributed by atoms with Gasteiger partial charge in [-0.05, 0) is 18.2 Å². The minimum Gasteiger partial charge on any atom is -0.497 e. The molecule has 3 aromatic rings. The fraction of sp³-hybridized carbons (Fsp3) is 0.0870. The van der Waals surface area contributed by atoms with Gasteiger partial charge in [0.15, 0.2) is 11.6 Å². The summed E-state index contributed by atoms with van der Waals surface area (Å²) in [5.41, 5.74) is 2.31. The average Bonchev–Trinajstić information content (AvgIpc) is 2.76. The minimum absolute atomic E-state index is 0.00441. The zero-order valence-corrected chi connectivity index (χ0v) is 15.7. The van der Waals surface area contributed by atoms with Crippen LogP contribution in [-0.4, -0.2) is 31.1 Å². The van der Waals surface area contributed by atoms with Crippen LogP contribution < -0.4 is 15.4 Å². The molecule has 1 amide bonds. The van der Waals surface area contributed by atoms with E-state index in [1.54, 1.807) is 55.6 Å². The van der Waals surface area contributed by atoms with Crippen LogP contribution in [0.3, 0.4) is 0 Å². The normalized spacial score (nSPS) is 12.0. The average molecular weight is 386 g/mol. The summed E-state index contributed by atoms with van der Waals surface area (Å²) in [6, 6.07) is 18.8. The molecule has 0 saturated heterocycles. The molecule has 0 bridgehead atoms. The van der Waals surface area contributed by atoms with Gasteiger partial charge in [-0.1, -0.05) is 42.5 Å². The number of hydrogen-bond acceptors (Lipinski definition) is 5. The molecule has 0 atom stereocenters. The third-order valence-corrected chi connectivity index (χ3v) is 4.75. The maximum Gasteiger partial charge on any atom is 0.243 e. The molecule has 4 rings (SSSR count).